The maximum atomic E-state index is 13.1. The first-order chi connectivity index (χ1) is 18.4. The molecule has 1 aliphatic rings. The monoisotopic (exact) mass is 572 g/mol. The molecule has 0 aromatic heterocycles. The molecule has 0 spiro atoms. The lowest BCUT2D eigenvalue weighted by Gasteiger charge is -2.16. The van der Waals surface area contributed by atoms with Crippen molar-refractivity contribution >= 4 is 57.6 Å². The van der Waals surface area contributed by atoms with Crippen molar-refractivity contribution in [3.8, 4) is 11.5 Å². The van der Waals surface area contributed by atoms with E-state index in [9.17, 15) is 22.8 Å². The third-order valence-electron chi connectivity index (χ3n) is 5.58. The van der Waals surface area contributed by atoms with Crippen LogP contribution in [0.25, 0.3) is 6.08 Å². The number of ether oxygens (including phenoxy) is 2. The zero-order valence-electron chi connectivity index (χ0n) is 21.1. The average molecular weight is 573 g/mol. The molecule has 0 radical (unpaired) electrons. The topological polar surface area (TPSA) is 67.9 Å². The van der Waals surface area contributed by atoms with Gasteiger partial charge in [0.2, 0.25) is 0 Å². The lowest BCUT2D eigenvalue weighted by atomic mass is 10.1. The molecule has 202 valence electrons. The van der Waals surface area contributed by atoms with Gasteiger partial charge in [-0.15, -0.1) is 0 Å². The highest BCUT2D eigenvalue weighted by atomic mass is 32.2. The Labute approximate surface area is 232 Å². The molecule has 3 aromatic carbocycles. The normalized spacial score (nSPS) is 14.6. The molecule has 1 N–H and O–H groups in total. The molecular weight excluding hydrogens is 549 g/mol. The lowest BCUT2D eigenvalue weighted by molar-refractivity contribution is -0.137. The number of nitrogens with zero attached hydrogens (tertiary/aromatic N) is 1. The summed E-state index contributed by atoms with van der Waals surface area (Å²) in [6.45, 7) is 3.63. The van der Waals surface area contributed by atoms with Crippen LogP contribution >= 0.6 is 24.0 Å². The smallest absolute Gasteiger partial charge is 0.416 e. The SMILES string of the molecule is COc1cc(/C=C2\SC(=S)N(c3cccc(C(F)(F)F)c3)C2=O)ccc1OCC(=O)Nc1cc(C)cc(C)c1. The second kappa shape index (κ2) is 11.5. The van der Waals surface area contributed by atoms with Crippen LogP contribution in [0.3, 0.4) is 0 Å². The number of hydrogen-bond acceptors (Lipinski definition) is 6. The summed E-state index contributed by atoms with van der Waals surface area (Å²) in [5, 5.41) is 2.80. The summed E-state index contributed by atoms with van der Waals surface area (Å²) in [4.78, 5) is 26.7. The number of halogens is 3. The molecule has 39 heavy (non-hydrogen) atoms. The van der Waals surface area contributed by atoms with Crippen LogP contribution in [-0.4, -0.2) is 29.9 Å². The molecular formula is C28H23F3N2O4S2. The Kier molecular flexibility index (Phi) is 8.31. The Morgan fingerprint density at radius 1 is 1.05 bits per heavy atom. The Morgan fingerprint density at radius 2 is 1.77 bits per heavy atom. The highest BCUT2D eigenvalue weighted by Gasteiger charge is 2.36. The predicted molar refractivity (Wildman–Crippen MR) is 150 cm³/mol. The van der Waals surface area contributed by atoms with Crippen molar-refractivity contribution in [2.45, 2.75) is 20.0 Å². The Bertz CT molecular complexity index is 1470. The number of thiocarbonyl (C=S) groups is 1. The van der Waals surface area contributed by atoms with Crippen molar-refractivity contribution < 1.29 is 32.2 Å². The molecule has 0 saturated carbocycles. The van der Waals surface area contributed by atoms with Crippen LogP contribution in [0.15, 0.2) is 65.6 Å². The number of thioether (sulfide) groups is 1. The van der Waals surface area contributed by atoms with E-state index in [1.165, 1.54) is 19.2 Å². The number of hydrogen-bond donors (Lipinski definition) is 1. The number of rotatable bonds is 7. The first-order valence-corrected chi connectivity index (χ1v) is 12.8. The van der Waals surface area contributed by atoms with E-state index in [0.717, 1.165) is 39.9 Å². The van der Waals surface area contributed by atoms with Gasteiger partial charge in [0, 0.05) is 5.69 Å². The van der Waals surface area contributed by atoms with Crippen molar-refractivity contribution in [1.82, 2.24) is 0 Å². The Balaban J connectivity index is 1.47. The number of carbonyl (C=O) groups excluding carboxylic acids is 2. The van der Waals surface area contributed by atoms with Gasteiger partial charge in [0.1, 0.15) is 0 Å². The summed E-state index contributed by atoms with van der Waals surface area (Å²) in [6.07, 6.45) is -2.99. The van der Waals surface area contributed by atoms with Crippen LogP contribution in [0, 0.1) is 13.8 Å². The largest absolute Gasteiger partial charge is 0.493 e. The van der Waals surface area contributed by atoms with Crippen molar-refractivity contribution in [1.29, 1.82) is 0 Å². The second-order valence-corrected chi connectivity index (χ2v) is 10.4. The van der Waals surface area contributed by atoms with Crippen molar-refractivity contribution in [3.05, 3.63) is 87.8 Å². The molecule has 3 aromatic rings. The van der Waals surface area contributed by atoms with Gasteiger partial charge in [-0.25, -0.2) is 0 Å². The Hall–Kier alpha value is -3.83. The number of anilines is 2. The summed E-state index contributed by atoms with van der Waals surface area (Å²) in [5.74, 6) is -0.228. The van der Waals surface area contributed by atoms with Gasteiger partial charge in [0.05, 0.1) is 23.3 Å². The predicted octanol–water partition coefficient (Wildman–Crippen LogP) is 6.75. The quantitative estimate of drug-likeness (QED) is 0.250. The van der Waals surface area contributed by atoms with Gasteiger partial charge in [0.25, 0.3) is 11.8 Å². The minimum atomic E-state index is -4.55. The van der Waals surface area contributed by atoms with Gasteiger partial charge in [-0.05, 0) is 79.1 Å². The minimum Gasteiger partial charge on any atom is -0.493 e. The molecule has 1 aliphatic heterocycles. The molecule has 4 rings (SSSR count). The summed E-state index contributed by atoms with van der Waals surface area (Å²) in [7, 11) is 1.44. The van der Waals surface area contributed by atoms with Crippen LogP contribution in [0.2, 0.25) is 0 Å². The summed E-state index contributed by atoms with van der Waals surface area (Å²) < 4.78 is 50.6. The number of alkyl halides is 3. The van der Waals surface area contributed by atoms with E-state index in [4.69, 9.17) is 21.7 Å². The van der Waals surface area contributed by atoms with E-state index in [1.807, 2.05) is 32.0 Å². The molecule has 1 saturated heterocycles. The molecule has 0 aliphatic carbocycles. The van der Waals surface area contributed by atoms with Crippen LogP contribution < -0.4 is 19.7 Å². The zero-order valence-corrected chi connectivity index (χ0v) is 22.7. The number of nitrogens with one attached hydrogen (secondary N) is 1. The fourth-order valence-corrected chi connectivity index (χ4v) is 5.24. The summed E-state index contributed by atoms with van der Waals surface area (Å²) >= 11 is 6.26. The van der Waals surface area contributed by atoms with Crippen LogP contribution in [0.5, 0.6) is 11.5 Å². The van der Waals surface area contributed by atoms with E-state index >= 15 is 0 Å². The van der Waals surface area contributed by atoms with E-state index in [-0.39, 0.29) is 27.4 Å². The van der Waals surface area contributed by atoms with Gasteiger partial charge in [-0.2, -0.15) is 13.2 Å². The first kappa shape index (κ1) is 28.2. The van der Waals surface area contributed by atoms with Crippen LogP contribution in [-0.2, 0) is 15.8 Å². The van der Waals surface area contributed by atoms with E-state index < -0.39 is 17.6 Å². The first-order valence-electron chi connectivity index (χ1n) is 11.6. The molecule has 1 heterocycles. The van der Waals surface area contributed by atoms with E-state index in [0.29, 0.717) is 22.7 Å². The van der Waals surface area contributed by atoms with Crippen molar-refractivity contribution in [3.63, 3.8) is 0 Å². The highest BCUT2D eigenvalue weighted by Crippen LogP contribution is 2.39. The fraction of sp³-hybridized carbons (Fsp3) is 0.179. The zero-order chi connectivity index (χ0) is 28.3. The Morgan fingerprint density at radius 3 is 2.44 bits per heavy atom. The minimum absolute atomic E-state index is 0.0381. The summed E-state index contributed by atoms with van der Waals surface area (Å²) in [5.41, 5.74) is 2.46. The highest BCUT2D eigenvalue weighted by molar-refractivity contribution is 8.27. The molecule has 0 atom stereocenters. The molecule has 6 nitrogen and oxygen atoms in total. The van der Waals surface area contributed by atoms with Gasteiger partial charge in [-0.1, -0.05) is 42.2 Å². The average Bonchev–Trinajstić information content (AvgIpc) is 3.14. The summed E-state index contributed by atoms with van der Waals surface area (Å²) in [6, 6.07) is 15.0. The van der Waals surface area contributed by atoms with Crippen molar-refractivity contribution in [2.75, 3.05) is 23.9 Å². The molecule has 2 amide bonds. The van der Waals surface area contributed by atoms with Gasteiger partial charge >= 0.3 is 6.18 Å². The number of methoxy groups -OCH3 is 1. The number of carbonyl (C=O) groups is 2. The maximum Gasteiger partial charge on any atom is 0.416 e. The lowest BCUT2D eigenvalue weighted by Crippen LogP contribution is -2.27. The number of amides is 2. The van der Waals surface area contributed by atoms with Crippen LogP contribution in [0.1, 0.15) is 22.3 Å². The number of benzene rings is 3. The third-order valence-corrected chi connectivity index (χ3v) is 6.88. The van der Waals surface area contributed by atoms with Crippen molar-refractivity contribution in [2.24, 2.45) is 0 Å². The second-order valence-electron chi connectivity index (χ2n) is 8.69. The number of aryl methyl sites for hydroxylation is 2. The third kappa shape index (κ3) is 6.79. The van der Waals surface area contributed by atoms with Gasteiger partial charge in [-0.3, -0.25) is 14.5 Å². The van der Waals surface area contributed by atoms with E-state index in [1.54, 1.807) is 24.3 Å². The molecule has 11 heteroatoms. The van der Waals surface area contributed by atoms with Gasteiger partial charge < -0.3 is 14.8 Å². The van der Waals surface area contributed by atoms with Gasteiger partial charge in [0.15, 0.2) is 22.4 Å². The standard InChI is InChI=1S/C28H23F3N2O4S2/c1-16-9-17(2)11-20(10-16)32-25(34)15-37-22-8-7-18(12-23(22)36-3)13-24-26(35)33(27(38)39-24)21-6-4-5-19(14-21)28(29,30)31/h4-14H,15H2,1-3H3,(H,32,34)/b24-13-. The maximum absolute atomic E-state index is 13.1. The molecule has 0 unspecified atom stereocenters. The fourth-order valence-electron chi connectivity index (χ4n) is 3.94. The molecule has 0 bridgehead atoms. The molecule has 1 fully saturated rings. The van der Waals surface area contributed by atoms with Crippen LogP contribution in [0.4, 0.5) is 24.5 Å². The van der Waals surface area contributed by atoms with E-state index in [2.05, 4.69) is 5.32 Å².